The number of amides is 1. The first-order chi connectivity index (χ1) is 18.3. The SMILES string of the molecule is C[C@H](NCCn1nc2c(c1C(=O)O)CN(C(=O)c1ccc(Cl)c(Cl)c1)[C@H](C)C2)c1ncn(S(=O)(=O)N(C)C)n1. The van der Waals surface area contributed by atoms with Crippen molar-refractivity contribution in [1.29, 1.82) is 0 Å². The number of aromatic nitrogens is 5. The second kappa shape index (κ2) is 11.2. The molecular weight excluding hydrogens is 571 g/mol. The molecule has 13 nitrogen and oxygen atoms in total. The largest absolute Gasteiger partial charge is 0.477 e. The summed E-state index contributed by atoms with van der Waals surface area (Å²) in [5, 5.41) is 22.3. The summed E-state index contributed by atoms with van der Waals surface area (Å²) < 4.78 is 27.7. The highest BCUT2D eigenvalue weighted by molar-refractivity contribution is 7.87. The van der Waals surface area contributed by atoms with Crippen molar-refractivity contribution in [1.82, 2.24) is 38.5 Å². The van der Waals surface area contributed by atoms with Gasteiger partial charge in [-0.3, -0.25) is 9.48 Å². The molecule has 2 aromatic heterocycles. The van der Waals surface area contributed by atoms with Crippen LogP contribution in [0.5, 0.6) is 0 Å². The van der Waals surface area contributed by atoms with Gasteiger partial charge in [0, 0.05) is 44.2 Å². The summed E-state index contributed by atoms with van der Waals surface area (Å²) in [5.41, 5.74) is 1.48. The van der Waals surface area contributed by atoms with E-state index in [9.17, 15) is 23.1 Å². The predicted octanol–water partition coefficient (Wildman–Crippen LogP) is 2.07. The molecule has 0 bridgehead atoms. The fraction of sp³-hybridized carbons (Fsp3) is 0.435. The van der Waals surface area contributed by atoms with Gasteiger partial charge in [-0.15, -0.1) is 9.19 Å². The second-order valence-electron chi connectivity index (χ2n) is 9.36. The second-order valence-corrected chi connectivity index (χ2v) is 12.2. The molecular formula is C23H28Cl2N8O5S. The molecule has 1 amide bonds. The average molecular weight is 600 g/mol. The number of nitrogens with zero attached hydrogens (tertiary/aromatic N) is 7. The first kappa shape index (κ1) is 29.0. The molecule has 2 atom stereocenters. The molecule has 0 radical (unpaired) electrons. The maximum Gasteiger partial charge on any atom is 0.354 e. The monoisotopic (exact) mass is 598 g/mol. The summed E-state index contributed by atoms with van der Waals surface area (Å²) in [6, 6.07) is 3.99. The van der Waals surface area contributed by atoms with Crippen molar-refractivity contribution >= 4 is 45.3 Å². The minimum Gasteiger partial charge on any atom is -0.477 e. The lowest BCUT2D eigenvalue weighted by Gasteiger charge is -2.33. The zero-order chi connectivity index (χ0) is 28.6. The highest BCUT2D eigenvalue weighted by atomic mass is 35.5. The third kappa shape index (κ3) is 5.79. The van der Waals surface area contributed by atoms with Crippen molar-refractivity contribution in [3.8, 4) is 0 Å². The number of hydrogen-bond acceptors (Lipinski definition) is 8. The van der Waals surface area contributed by atoms with Crippen molar-refractivity contribution in [3.63, 3.8) is 0 Å². The first-order valence-corrected chi connectivity index (χ1v) is 14.1. The van der Waals surface area contributed by atoms with Crippen molar-refractivity contribution in [2.45, 2.75) is 45.4 Å². The molecule has 39 heavy (non-hydrogen) atoms. The predicted molar refractivity (Wildman–Crippen MR) is 143 cm³/mol. The van der Waals surface area contributed by atoms with Crippen molar-refractivity contribution in [2.24, 2.45) is 0 Å². The molecule has 1 aromatic carbocycles. The van der Waals surface area contributed by atoms with Crippen LogP contribution in [-0.4, -0.2) is 85.2 Å². The van der Waals surface area contributed by atoms with Crippen LogP contribution < -0.4 is 5.32 Å². The Hall–Kier alpha value is -3.04. The van der Waals surface area contributed by atoms with Gasteiger partial charge in [-0.1, -0.05) is 23.2 Å². The number of rotatable bonds is 9. The Labute approximate surface area is 235 Å². The Balaban J connectivity index is 1.48. The summed E-state index contributed by atoms with van der Waals surface area (Å²) in [7, 11) is -0.990. The Morgan fingerprint density at radius 3 is 2.59 bits per heavy atom. The number of carboxylic acid groups (broad SMARTS) is 1. The van der Waals surface area contributed by atoms with Gasteiger partial charge in [-0.05, 0) is 32.0 Å². The maximum absolute atomic E-state index is 13.2. The van der Waals surface area contributed by atoms with Crippen LogP contribution >= 0.6 is 23.2 Å². The molecule has 0 saturated carbocycles. The third-order valence-electron chi connectivity index (χ3n) is 6.46. The minimum atomic E-state index is -3.78. The van der Waals surface area contributed by atoms with E-state index in [4.69, 9.17) is 23.2 Å². The van der Waals surface area contributed by atoms with Crippen molar-refractivity contribution < 1.29 is 23.1 Å². The lowest BCUT2D eigenvalue weighted by Crippen LogP contribution is -2.42. The van der Waals surface area contributed by atoms with Crippen LogP contribution in [0.25, 0.3) is 0 Å². The van der Waals surface area contributed by atoms with Gasteiger partial charge in [-0.2, -0.15) is 17.8 Å². The topological polar surface area (TPSA) is 156 Å². The molecule has 1 aliphatic heterocycles. The molecule has 3 aromatic rings. The lowest BCUT2D eigenvalue weighted by atomic mass is 9.98. The zero-order valence-corrected chi connectivity index (χ0v) is 24.0. The van der Waals surface area contributed by atoms with Gasteiger partial charge < -0.3 is 15.3 Å². The molecule has 4 rings (SSSR count). The van der Waals surface area contributed by atoms with Crippen LogP contribution in [-0.2, 0) is 29.7 Å². The van der Waals surface area contributed by atoms with Gasteiger partial charge in [-0.25, -0.2) is 9.78 Å². The summed E-state index contributed by atoms with van der Waals surface area (Å²) in [6.07, 6.45) is 1.51. The van der Waals surface area contributed by atoms with E-state index in [1.165, 1.54) is 24.8 Å². The molecule has 2 N–H and O–H groups in total. The number of fused-ring (bicyclic) bond motifs is 1. The standard InChI is InChI=1S/C23H28Cl2N8O5S/c1-13-9-19-16(11-31(13)22(34)15-5-6-17(24)18(25)10-15)20(23(35)36)32(28-19)8-7-26-14(2)21-27-12-33(29-21)39(37,38)30(3)4/h5-6,10,12-14,26H,7-9,11H2,1-4H3,(H,35,36)/t13-,14+/m1/s1. The number of halogens is 2. The van der Waals surface area contributed by atoms with E-state index >= 15 is 0 Å². The summed E-state index contributed by atoms with van der Waals surface area (Å²) >= 11 is 12.1. The number of aromatic carboxylic acids is 1. The average Bonchev–Trinajstić information content (AvgIpc) is 3.50. The van der Waals surface area contributed by atoms with Crippen molar-refractivity contribution in [2.75, 3.05) is 20.6 Å². The van der Waals surface area contributed by atoms with E-state index in [-0.39, 0.29) is 41.6 Å². The molecule has 0 aliphatic carbocycles. The van der Waals surface area contributed by atoms with E-state index in [0.717, 1.165) is 14.7 Å². The van der Waals surface area contributed by atoms with E-state index in [0.29, 0.717) is 34.8 Å². The quantitative estimate of drug-likeness (QED) is 0.376. The van der Waals surface area contributed by atoms with Gasteiger partial charge in [0.05, 0.1) is 34.9 Å². The summed E-state index contributed by atoms with van der Waals surface area (Å²) in [5.74, 6) is -1.17. The molecule has 16 heteroatoms. The fourth-order valence-electron chi connectivity index (χ4n) is 4.28. The third-order valence-corrected chi connectivity index (χ3v) is 8.77. The number of carboxylic acids is 1. The highest BCUT2D eigenvalue weighted by Crippen LogP contribution is 2.29. The van der Waals surface area contributed by atoms with Crippen LogP contribution in [0.1, 0.15) is 57.8 Å². The maximum atomic E-state index is 13.2. The van der Waals surface area contributed by atoms with Crippen LogP contribution in [0.15, 0.2) is 24.5 Å². The van der Waals surface area contributed by atoms with Gasteiger partial charge >= 0.3 is 16.2 Å². The minimum absolute atomic E-state index is 0.0118. The van der Waals surface area contributed by atoms with Crippen molar-refractivity contribution in [3.05, 3.63) is 62.9 Å². The van der Waals surface area contributed by atoms with Gasteiger partial charge in [0.25, 0.3) is 5.91 Å². The van der Waals surface area contributed by atoms with E-state index in [1.54, 1.807) is 24.0 Å². The molecule has 1 aliphatic rings. The molecule has 0 unspecified atom stereocenters. The number of nitrogens with one attached hydrogen (secondary N) is 1. The molecule has 3 heterocycles. The Morgan fingerprint density at radius 2 is 1.95 bits per heavy atom. The summed E-state index contributed by atoms with van der Waals surface area (Å²) in [4.78, 5) is 31.1. The highest BCUT2D eigenvalue weighted by Gasteiger charge is 2.34. The molecule has 0 fully saturated rings. The number of benzene rings is 1. The Kier molecular flexibility index (Phi) is 8.33. The summed E-state index contributed by atoms with van der Waals surface area (Å²) in [6.45, 7) is 4.25. The Bertz CT molecular complexity index is 1520. The van der Waals surface area contributed by atoms with E-state index in [1.807, 2.05) is 6.92 Å². The van der Waals surface area contributed by atoms with Crippen LogP contribution in [0.4, 0.5) is 0 Å². The van der Waals surface area contributed by atoms with E-state index < -0.39 is 22.2 Å². The van der Waals surface area contributed by atoms with Crippen LogP contribution in [0.2, 0.25) is 10.0 Å². The molecule has 210 valence electrons. The molecule has 0 saturated heterocycles. The number of carbonyl (C=O) groups excluding carboxylic acids is 1. The normalized spacial score (nSPS) is 16.4. The number of carbonyl (C=O) groups is 2. The van der Waals surface area contributed by atoms with Gasteiger partial charge in [0.1, 0.15) is 6.33 Å². The Morgan fingerprint density at radius 1 is 1.23 bits per heavy atom. The van der Waals surface area contributed by atoms with Gasteiger partial charge in [0.15, 0.2) is 11.5 Å². The fourth-order valence-corrected chi connectivity index (χ4v) is 5.27. The smallest absolute Gasteiger partial charge is 0.354 e. The van der Waals surface area contributed by atoms with E-state index in [2.05, 4.69) is 20.5 Å². The number of hydrogen-bond donors (Lipinski definition) is 2. The van der Waals surface area contributed by atoms with Crippen LogP contribution in [0, 0.1) is 0 Å². The zero-order valence-electron chi connectivity index (χ0n) is 21.7. The van der Waals surface area contributed by atoms with Crippen LogP contribution in [0.3, 0.4) is 0 Å². The van der Waals surface area contributed by atoms with Gasteiger partial charge in [0.2, 0.25) is 0 Å². The lowest BCUT2D eigenvalue weighted by molar-refractivity contribution is 0.0634. The first-order valence-electron chi connectivity index (χ1n) is 12.0. The molecule has 0 spiro atoms.